The Balaban J connectivity index is 2.53. The number of fused-ring (bicyclic) bond motifs is 1. The topological polar surface area (TPSA) is 17.8 Å². The van der Waals surface area contributed by atoms with Crippen LogP contribution < -0.4 is 0 Å². The van der Waals surface area contributed by atoms with E-state index < -0.39 is 11.6 Å². The van der Waals surface area contributed by atoms with Gasteiger partial charge in [-0.15, -0.1) is 11.6 Å². The maximum absolute atomic E-state index is 13.9. The second-order valence-corrected chi connectivity index (χ2v) is 6.12. The van der Waals surface area contributed by atoms with Crippen molar-refractivity contribution in [3.8, 4) is 0 Å². The number of hydrogen-bond acceptors (Lipinski definition) is 1. The fraction of sp³-hybridized carbons (Fsp3) is 0.500. The number of nitrogens with zero attached hydrogens (tertiary/aromatic N) is 2. The van der Waals surface area contributed by atoms with E-state index in [1.54, 1.807) is 4.57 Å². The van der Waals surface area contributed by atoms with Crippen molar-refractivity contribution in [1.82, 2.24) is 9.55 Å². The van der Waals surface area contributed by atoms with Crippen LogP contribution in [0.4, 0.5) is 8.78 Å². The first-order valence-electron chi connectivity index (χ1n) is 6.22. The first-order chi connectivity index (χ1) is 8.83. The molecule has 2 nitrogen and oxygen atoms in total. The number of imidazole rings is 1. The Labute approximate surface area is 116 Å². The van der Waals surface area contributed by atoms with Gasteiger partial charge in [0, 0.05) is 6.54 Å². The number of halogens is 3. The molecule has 104 valence electrons. The smallest absolute Gasteiger partial charge is 0.184 e. The molecule has 1 aromatic carbocycles. The molecule has 1 aromatic heterocycles. The van der Waals surface area contributed by atoms with Gasteiger partial charge in [0.1, 0.15) is 11.3 Å². The van der Waals surface area contributed by atoms with Crippen molar-refractivity contribution in [2.75, 3.05) is 0 Å². The molecule has 2 rings (SSSR count). The minimum atomic E-state index is -0.856. The molecule has 0 atom stereocenters. The Morgan fingerprint density at radius 2 is 1.95 bits per heavy atom. The Bertz CT molecular complexity index is 599. The fourth-order valence-electron chi connectivity index (χ4n) is 2.00. The first-order valence-corrected chi connectivity index (χ1v) is 6.76. The third-order valence-corrected chi connectivity index (χ3v) is 3.32. The van der Waals surface area contributed by atoms with Crippen LogP contribution in [0.2, 0.25) is 0 Å². The monoisotopic (exact) mass is 286 g/mol. The number of benzene rings is 1. The van der Waals surface area contributed by atoms with E-state index >= 15 is 0 Å². The molecule has 0 bridgehead atoms. The molecule has 0 fully saturated rings. The van der Waals surface area contributed by atoms with Crippen LogP contribution in [0.15, 0.2) is 12.1 Å². The summed E-state index contributed by atoms with van der Waals surface area (Å²) in [5, 5.41) is 0. The molecule has 0 aliphatic rings. The highest BCUT2D eigenvalue weighted by atomic mass is 35.5. The summed E-state index contributed by atoms with van der Waals surface area (Å²) < 4.78 is 29.0. The summed E-state index contributed by atoms with van der Waals surface area (Å²) in [6, 6.07) is 2.58. The summed E-state index contributed by atoms with van der Waals surface area (Å²) in [7, 11) is 0. The second kappa shape index (κ2) is 5.08. The van der Waals surface area contributed by atoms with Crippen LogP contribution in [0, 0.1) is 17.0 Å². The summed E-state index contributed by atoms with van der Waals surface area (Å²) in [4.78, 5) is 4.26. The van der Waals surface area contributed by atoms with Crippen LogP contribution in [-0.2, 0) is 12.4 Å². The van der Waals surface area contributed by atoms with E-state index in [1.165, 1.54) is 6.07 Å². The minimum Gasteiger partial charge on any atom is -0.324 e. The molecular formula is C14H17ClF2N2. The lowest BCUT2D eigenvalue weighted by Gasteiger charge is -2.19. The molecule has 0 unspecified atom stereocenters. The van der Waals surface area contributed by atoms with Crippen molar-refractivity contribution >= 4 is 22.6 Å². The minimum absolute atomic E-state index is 0.101. The summed E-state index contributed by atoms with van der Waals surface area (Å²) >= 11 is 5.85. The van der Waals surface area contributed by atoms with Gasteiger partial charge < -0.3 is 4.57 Å². The third kappa shape index (κ3) is 2.89. The molecule has 0 aliphatic heterocycles. The quantitative estimate of drug-likeness (QED) is 0.760. The largest absolute Gasteiger partial charge is 0.324 e. The van der Waals surface area contributed by atoms with Crippen LogP contribution >= 0.6 is 11.6 Å². The van der Waals surface area contributed by atoms with Crippen molar-refractivity contribution < 1.29 is 8.78 Å². The van der Waals surface area contributed by atoms with Crippen LogP contribution in [0.25, 0.3) is 11.0 Å². The second-order valence-electron chi connectivity index (χ2n) is 5.85. The maximum Gasteiger partial charge on any atom is 0.184 e. The van der Waals surface area contributed by atoms with Gasteiger partial charge in [0.05, 0.1) is 11.4 Å². The average Bonchev–Trinajstić information content (AvgIpc) is 2.69. The van der Waals surface area contributed by atoms with Crippen LogP contribution in [-0.4, -0.2) is 9.55 Å². The molecule has 0 aliphatic carbocycles. The fourth-order valence-corrected chi connectivity index (χ4v) is 2.20. The molecule has 0 radical (unpaired) electrons. The molecule has 0 saturated carbocycles. The SMILES string of the molecule is CC(C)(C)CCn1c(CCl)nc2ccc(F)c(F)c21. The van der Waals surface area contributed by atoms with Gasteiger partial charge in [-0.25, -0.2) is 13.8 Å². The van der Waals surface area contributed by atoms with Crippen LogP contribution in [0.1, 0.15) is 33.0 Å². The van der Waals surface area contributed by atoms with Gasteiger partial charge in [-0.05, 0) is 24.0 Å². The number of alkyl halides is 1. The van der Waals surface area contributed by atoms with Gasteiger partial charge in [-0.1, -0.05) is 20.8 Å². The molecule has 0 amide bonds. The van der Waals surface area contributed by atoms with E-state index in [-0.39, 0.29) is 16.8 Å². The summed E-state index contributed by atoms with van der Waals surface area (Å²) in [6.07, 6.45) is 0.832. The van der Waals surface area contributed by atoms with Gasteiger partial charge in [0.15, 0.2) is 11.6 Å². The molecular weight excluding hydrogens is 270 g/mol. The van der Waals surface area contributed by atoms with Gasteiger partial charge in [0.25, 0.3) is 0 Å². The van der Waals surface area contributed by atoms with Crippen LogP contribution in [0.5, 0.6) is 0 Å². The third-order valence-electron chi connectivity index (χ3n) is 3.08. The number of hydrogen-bond donors (Lipinski definition) is 0. The summed E-state index contributed by atoms with van der Waals surface area (Å²) in [5.74, 6) is -0.953. The Morgan fingerprint density at radius 3 is 2.53 bits per heavy atom. The zero-order valence-corrected chi connectivity index (χ0v) is 12.1. The maximum atomic E-state index is 13.9. The van der Waals surface area contributed by atoms with Crippen molar-refractivity contribution in [3.05, 3.63) is 29.6 Å². The molecule has 1 heterocycles. The average molecular weight is 287 g/mol. The predicted octanol–water partition coefficient (Wildman–Crippen LogP) is 4.49. The summed E-state index contributed by atoms with van der Waals surface area (Å²) in [5.41, 5.74) is 0.757. The standard InChI is InChI=1S/C14H17ClF2N2/c1-14(2,3)6-7-19-11(8-15)18-10-5-4-9(16)12(17)13(10)19/h4-5H,6-8H2,1-3H3. The van der Waals surface area contributed by atoms with E-state index in [9.17, 15) is 8.78 Å². The number of rotatable bonds is 3. The lowest BCUT2D eigenvalue weighted by Crippen LogP contribution is -2.12. The molecule has 19 heavy (non-hydrogen) atoms. The van der Waals surface area contributed by atoms with E-state index in [4.69, 9.17) is 11.6 Å². The highest BCUT2D eigenvalue weighted by molar-refractivity contribution is 6.16. The number of aryl methyl sites for hydroxylation is 1. The van der Waals surface area contributed by atoms with E-state index in [0.717, 1.165) is 12.5 Å². The first kappa shape index (κ1) is 14.3. The van der Waals surface area contributed by atoms with E-state index in [0.29, 0.717) is 17.9 Å². The van der Waals surface area contributed by atoms with Gasteiger partial charge in [0.2, 0.25) is 0 Å². The van der Waals surface area contributed by atoms with Gasteiger partial charge in [-0.2, -0.15) is 0 Å². The molecule has 5 heteroatoms. The zero-order chi connectivity index (χ0) is 14.2. The Morgan fingerprint density at radius 1 is 1.26 bits per heavy atom. The lowest BCUT2D eigenvalue weighted by molar-refractivity contribution is 0.350. The molecule has 0 saturated heterocycles. The molecule has 0 spiro atoms. The van der Waals surface area contributed by atoms with E-state index in [1.807, 2.05) is 0 Å². The van der Waals surface area contributed by atoms with Crippen molar-refractivity contribution in [2.45, 2.75) is 39.6 Å². The lowest BCUT2D eigenvalue weighted by atomic mass is 9.92. The summed E-state index contributed by atoms with van der Waals surface area (Å²) in [6.45, 7) is 6.87. The normalized spacial score (nSPS) is 12.3. The Hall–Kier alpha value is -1.16. The number of aromatic nitrogens is 2. The van der Waals surface area contributed by atoms with Crippen molar-refractivity contribution in [3.63, 3.8) is 0 Å². The molecule has 0 N–H and O–H groups in total. The van der Waals surface area contributed by atoms with Crippen molar-refractivity contribution in [2.24, 2.45) is 5.41 Å². The van der Waals surface area contributed by atoms with Gasteiger partial charge >= 0.3 is 0 Å². The van der Waals surface area contributed by atoms with E-state index in [2.05, 4.69) is 25.8 Å². The Kier molecular flexibility index (Phi) is 3.81. The van der Waals surface area contributed by atoms with Crippen molar-refractivity contribution in [1.29, 1.82) is 0 Å². The highest BCUT2D eigenvalue weighted by Crippen LogP contribution is 2.26. The molecule has 2 aromatic rings. The zero-order valence-electron chi connectivity index (χ0n) is 11.3. The highest BCUT2D eigenvalue weighted by Gasteiger charge is 2.18. The predicted molar refractivity (Wildman–Crippen MR) is 73.3 cm³/mol. The van der Waals surface area contributed by atoms with Crippen LogP contribution in [0.3, 0.4) is 0 Å². The van der Waals surface area contributed by atoms with Gasteiger partial charge in [-0.3, -0.25) is 0 Å².